The monoisotopic (exact) mass is 266 g/mol. The highest BCUT2D eigenvalue weighted by atomic mass is 16.1. The third-order valence-electron chi connectivity index (χ3n) is 3.22. The van der Waals surface area contributed by atoms with Crippen molar-refractivity contribution in [1.29, 1.82) is 0 Å². The van der Waals surface area contributed by atoms with Gasteiger partial charge in [-0.1, -0.05) is 42.5 Å². The zero-order valence-electron chi connectivity index (χ0n) is 10.8. The Morgan fingerprint density at radius 2 is 1.95 bits per heavy atom. The molecule has 1 heterocycles. The maximum atomic E-state index is 11.4. The van der Waals surface area contributed by atoms with Crippen LogP contribution < -0.4 is 16.6 Å². The van der Waals surface area contributed by atoms with Gasteiger partial charge in [0.1, 0.15) is 5.69 Å². The Morgan fingerprint density at radius 1 is 1.15 bits per heavy atom. The standard InChI is InChI=1S/C15H14N4O/c16-13-14(18-9-19-15(13)20)17-8-11-6-3-5-10-4-1-2-7-12(10)11/h1-7,9H,8,16H2,(H2,17,18,19,20). The Kier molecular flexibility index (Phi) is 3.09. The second kappa shape index (κ2) is 5.05. The van der Waals surface area contributed by atoms with Crippen LogP contribution in [0.2, 0.25) is 0 Å². The molecule has 0 saturated heterocycles. The third kappa shape index (κ3) is 2.21. The Bertz CT molecular complexity index is 805. The molecule has 5 nitrogen and oxygen atoms in total. The number of nitrogen functional groups attached to an aromatic ring is 1. The van der Waals surface area contributed by atoms with E-state index in [1.807, 2.05) is 24.3 Å². The summed E-state index contributed by atoms with van der Waals surface area (Å²) in [5, 5.41) is 5.46. The van der Waals surface area contributed by atoms with Crippen LogP contribution in [0.1, 0.15) is 5.56 Å². The number of nitrogens with two attached hydrogens (primary N) is 1. The Hall–Kier alpha value is -2.82. The first-order chi connectivity index (χ1) is 9.75. The fourth-order valence-corrected chi connectivity index (χ4v) is 2.18. The number of hydrogen-bond acceptors (Lipinski definition) is 4. The summed E-state index contributed by atoms with van der Waals surface area (Å²) < 4.78 is 0. The molecule has 20 heavy (non-hydrogen) atoms. The molecule has 3 rings (SSSR count). The van der Waals surface area contributed by atoms with E-state index in [4.69, 9.17) is 5.73 Å². The molecule has 2 aromatic carbocycles. The molecular weight excluding hydrogens is 252 g/mol. The smallest absolute Gasteiger partial charge is 0.276 e. The molecule has 0 spiro atoms. The van der Waals surface area contributed by atoms with Gasteiger partial charge in [-0.05, 0) is 16.3 Å². The lowest BCUT2D eigenvalue weighted by atomic mass is 10.0. The summed E-state index contributed by atoms with van der Waals surface area (Å²) in [7, 11) is 0. The lowest BCUT2D eigenvalue weighted by Gasteiger charge is -2.09. The highest BCUT2D eigenvalue weighted by Gasteiger charge is 2.05. The van der Waals surface area contributed by atoms with Crippen LogP contribution in [-0.2, 0) is 6.54 Å². The first-order valence-electron chi connectivity index (χ1n) is 6.29. The molecule has 0 radical (unpaired) electrons. The number of fused-ring (bicyclic) bond motifs is 1. The van der Waals surface area contributed by atoms with Gasteiger partial charge < -0.3 is 16.0 Å². The molecule has 0 fully saturated rings. The van der Waals surface area contributed by atoms with Gasteiger partial charge in [0.2, 0.25) is 0 Å². The second-order valence-electron chi connectivity index (χ2n) is 4.49. The summed E-state index contributed by atoms with van der Waals surface area (Å²) in [5.74, 6) is 0.404. The highest BCUT2D eigenvalue weighted by Crippen LogP contribution is 2.19. The molecule has 0 atom stereocenters. The molecule has 5 heteroatoms. The van der Waals surface area contributed by atoms with E-state index in [9.17, 15) is 4.79 Å². The van der Waals surface area contributed by atoms with Crippen molar-refractivity contribution >= 4 is 22.3 Å². The summed E-state index contributed by atoms with van der Waals surface area (Å²) >= 11 is 0. The SMILES string of the molecule is Nc1c(NCc2cccc3ccccc23)nc[nH]c1=O. The van der Waals surface area contributed by atoms with Crippen LogP contribution in [0.4, 0.5) is 11.5 Å². The van der Waals surface area contributed by atoms with E-state index in [0.29, 0.717) is 12.4 Å². The van der Waals surface area contributed by atoms with Crippen LogP contribution in [-0.4, -0.2) is 9.97 Å². The van der Waals surface area contributed by atoms with Crippen molar-refractivity contribution in [3.05, 3.63) is 64.7 Å². The molecule has 0 aliphatic carbocycles. The van der Waals surface area contributed by atoms with Gasteiger partial charge in [-0.3, -0.25) is 4.79 Å². The summed E-state index contributed by atoms with van der Waals surface area (Å²) in [6, 6.07) is 14.3. The molecular formula is C15H14N4O. The average molecular weight is 266 g/mol. The van der Waals surface area contributed by atoms with Gasteiger partial charge in [-0.15, -0.1) is 0 Å². The van der Waals surface area contributed by atoms with Crippen LogP contribution in [0.3, 0.4) is 0 Å². The van der Waals surface area contributed by atoms with E-state index in [1.165, 1.54) is 17.1 Å². The third-order valence-corrected chi connectivity index (χ3v) is 3.22. The maximum Gasteiger partial charge on any atom is 0.276 e. The molecule has 0 bridgehead atoms. The first kappa shape index (κ1) is 12.2. The zero-order valence-corrected chi connectivity index (χ0v) is 10.8. The van der Waals surface area contributed by atoms with Gasteiger partial charge in [-0.2, -0.15) is 0 Å². The molecule has 0 amide bonds. The number of rotatable bonds is 3. The molecule has 0 aliphatic rings. The minimum atomic E-state index is -0.333. The van der Waals surface area contributed by atoms with Crippen molar-refractivity contribution in [3.63, 3.8) is 0 Å². The summed E-state index contributed by atoms with van der Waals surface area (Å²) in [4.78, 5) is 17.9. The van der Waals surface area contributed by atoms with E-state index in [-0.39, 0.29) is 11.2 Å². The van der Waals surface area contributed by atoms with E-state index in [1.54, 1.807) is 0 Å². The van der Waals surface area contributed by atoms with Gasteiger partial charge in [0.15, 0.2) is 5.82 Å². The number of aromatic amines is 1. The van der Waals surface area contributed by atoms with Gasteiger partial charge in [0.25, 0.3) is 5.56 Å². The number of H-pyrrole nitrogens is 1. The molecule has 4 N–H and O–H groups in total. The topological polar surface area (TPSA) is 83.8 Å². The van der Waals surface area contributed by atoms with E-state index < -0.39 is 0 Å². The van der Waals surface area contributed by atoms with Crippen molar-refractivity contribution in [2.75, 3.05) is 11.1 Å². The second-order valence-corrected chi connectivity index (χ2v) is 4.49. The van der Waals surface area contributed by atoms with Crippen molar-refractivity contribution < 1.29 is 0 Å². The predicted octanol–water partition coefficient (Wildman–Crippen LogP) is 2.12. The maximum absolute atomic E-state index is 11.4. The number of benzene rings is 2. The largest absolute Gasteiger partial charge is 0.391 e. The molecule has 3 aromatic rings. The van der Waals surface area contributed by atoms with Gasteiger partial charge >= 0.3 is 0 Å². The quantitative estimate of drug-likeness (QED) is 0.678. The van der Waals surface area contributed by atoms with E-state index in [2.05, 4.69) is 33.5 Å². The summed E-state index contributed by atoms with van der Waals surface area (Å²) in [5.41, 5.74) is 6.59. The van der Waals surface area contributed by atoms with Gasteiger partial charge in [0.05, 0.1) is 6.33 Å². The molecule has 0 saturated carbocycles. The molecule has 1 aromatic heterocycles. The van der Waals surface area contributed by atoms with Crippen LogP contribution in [0.5, 0.6) is 0 Å². The molecule has 100 valence electrons. The first-order valence-corrected chi connectivity index (χ1v) is 6.29. The number of nitrogens with zero attached hydrogens (tertiary/aromatic N) is 1. The van der Waals surface area contributed by atoms with Gasteiger partial charge in [0, 0.05) is 6.54 Å². The van der Waals surface area contributed by atoms with E-state index in [0.717, 1.165) is 5.56 Å². The average Bonchev–Trinajstić information content (AvgIpc) is 2.49. The van der Waals surface area contributed by atoms with Gasteiger partial charge in [-0.25, -0.2) is 4.98 Å². The minimum Gasteiger partial charge on any atom is -0.391 e. The van der Waals surface area contributed by atoms with E-state index >= 15 is 0 Å². The fourth-order valence-electron chi connectivity index (χ4n) is 2.18. The molecule has 0 unspecified atom stereocenters. The molecule has 0 aliphatic heterocycles. The fraction of sp³-hybridized carbons (Fsp3) is 0.0667. The van der Waals surface area contributed by atoms with Crippen LogP contribution in [0.25, 0.3) is 10.8 Å². The van der Waals surface area contributed by atoms with Crippen molar-refractivity contribution in [2.24, 2.45) is 0 Å². The number of nitrogens with one attached hydrogen (secondary N) is 2. The zero-order chi connectivity index (χ0) is 13.9. The lowest BCUT2D eigenvalue weighted by Crippen LogP contribution is -2.16. The number of hydrogen-bond donors (Lipinski definition) is 3. The number of aromatic nitrogens is 2. The normalized spacial score (nSPS) is 10.6. The highest BCUT2D eigenvalue weighted by molar-refractivity contribution is 5.85. The van der Waals surface area contributed by atoms with Crippen molar-refractivity contribution in [2.45, 2.75) is 6.54 Å². The lowest BCUT2D eigenvalue weighted by molar-refractivity contribution is 1.07. The Morgan fingerprint density at radius 3 is 2.85 bits per heavy atom. The Labute approximate surface area is 115 Å². The number of anilines is 2. The van der Waals surface area contributed by atoms with Crippen molar-refractivity contribution in [1.82, 2.24) is 9.97 Å². The van der Waals surface area contributed by atoms with Crippen LogP contribution in [0, 0.1) is 0 Å². The van der Waals surface area contributed by atoms with Crippen molar-refractivity contribution in [3.8, 4) is 0 Å². The predicted molar refractivity (Wildman–Crippen MR) is 80.5 cm³/mol. The Balaban J connectivity index is 1.91. The van der Waals surface area contributed by atoms with Crippen LogP contribution in [0.15, 0.2) is 53.6 Å². The summed E-state index contributed by atoms with van der Waals surface area (Å²) in [6.07, 6.45) is 1.34. The summed E-state index contributed by atoms with van der Waals surface area (Å²) in [6.45, 7) is 0.558. The minimum absolute atomic E-state index is 0.104. The van der Waals surface area contributed by atoms with Crippen LogP contribution >= 0.6 is 0 Å².